The lowest BCUT2D eigenvalue weighted by Gasteiger charge is -2.26. The van der Waals surface area contributed by atoms with Gasteiger partial charge in [-0.2, -0.15) is 0 Å². The Morgan fingerprint density at radius 1 is 1.17 bits per heavy atom. The molecule has 1 aromatic carbocycles. The van der Waals surface area contributed by atoms with Crippen LogP contribution in [0.3, 0.4) is 0 Å². The Morgan fingerprint density at radius 3 is 2.21 bits per heavy atom. The first-order valence-corrected chi connectivity index (χ1v) is 9.71. The smallest absolute Gasteiger partial charge is 0.326 e. The molecule has 2 rings (SSSR count). The van der Waals surface area contributed by atoms with Gasteiger partial charge in [-0.1, -0.05) is 37.6 Å². The summed E-state index contributed by atoms with van der Waals surface area (Å²) in [6.45, 7) is 3.29. The Balaban J connectivity index is 2.18. The minimum atomic E-state index is -1.43. The third kappa shape index (κ3) is 5.69. The van der Waals surface area contributed by atoms with Crippen LogP contribution in [0.15, 0.2) is 24.3 Å². The zero-order chi connectivity index (χ0) is 22.6. The number of hydrogen-bond acceptors (Lipinski definition) is 4. The van der Waals surface area contributed by atoms with Gasteiger partial charge in [-0.15, -0.1) is 0 Å². The van der Waals surface area contributed by atoms with Crippen molar-refractivity contribution in [1.82, 2.24) is 10.6 Å². The van der Waals surface area contributed by atoms with Crippen LogP contribution in [0.2, 0.25) is 6.43 Å². The second-order valence-corrected chi connectivity index (χ2v) is 7.98. The number of carbonyl (C=O) groups is 4. The van der Waals surface area contributed by atoms with Crippen LogP contribution in [0, 0.1) is 5.92 Å². The molecule has 8 nitrogen and oxygen atoms in total. The predicted molar refractivity (Wildman–Crippen MR) is 106 cm³/mol. The summed E-state index contributed by atoms with van der Waals surface area (Å²) in [6, 6.07) is 4.10. The van der Waals surface area contributed by atoms with Gasteiger partial charge in [0.25, 0.3) is 0 Å². The number of amides is 2. The molecule has 158 valence electrons. The maximum atomic E-state index is 13.1. The maximum Gasteiger partial charge on any atom is 0.326 e. The lowest BCUT2D eigenvalue weighted by atomic mass is 9.93. The van der Waals surface area contributed by atoms with Crippen molar-refractivity contribution >= 4 is 35.4 Å². The molecule has 0 spiro atoms. The van der Waals surface area contributed by atoms with Gasteiger partial charge in [0.1, 0.15) is 12.1 Å². The van der Waals surface area contributed by atoms with Crippen LogP contribution >= 0.6 is 11.6 Å². The molecule has 2 atom stereocenters. The van der Waals surface area contributed by atoms with E-state index in [-0.39, 0.29) is 6.42 Å². The molecule has 0 aliphatic heterocycles. The average Bonchev–Trinajstić information content (AvgIpc) is 3.46. The summed E-state index contributed by atoms with van der Waals surface area (Å²) in [5.41, 5.74) is -0.183. The van der Waals surface area contributed by atoms with Crippen LogP contribution in [0.4, 0.5) is 0 Å². The standard InChI is InChI=1S/C20H25ClN2O6/c1-11(2)16(17(26)22-14(18(27)28)7-8-15(24)25)23-19(29)20(9-10-20)12-3-5-13(21)6-4-12/h3-6,11,14,16H,7-10H2,1-2H3,(H,22,26)(H,23,29)(H,24,25)(H,27,28)/t14-,16-/m0/s1/i/hD. The monoisotopic (exact) mass is 425 g/mol. The molecule has 9 heteroatoms. The van der Waals surface area contributed by atoms with E-state index in [1.807, 2.05) is 0 Å². The fourth-order valence-corrected chi connectivity index (χ4v) is 3.19. The molecule has 0 heterocycles. The molecular formula is C20H25ClN2O6. The van der Waals surface area contributed by atoms with Gasteiger partial charge in [0, 0.05) is 11.4 Å². The summed E-state index contributed by atoms with van der Waals surface area (Å²) in [5, 5.41) is 21.4. The highest BCUT2D eigenvalue weighted by Crippen LogP contribution is 2.48. The third-order valence-corrected chi connectivity index (χ3v) is 5.23. The highest BCUT2D eigenvalue weighted by molar-refractivity contribution is 6.30. The molecule has 0 unspecified atom stereocenters. The second kappa shape index (κ2) is 9.26. The topological polar surface area (TPSA) is 133 Å². The minimum absolute atomic E-state index is 0.304. The first-order chi connectivity index (χ1) is 14.0. The van der Waals surface area contributed by atoms with E-state index >= 15 is 0 Å². The lowest BCUT2D eigenvalue weighted by Crippen LogP contribution is -2.55. The number of aliphatic carboxylic acids is 2. The number of carboxylic acid groups (broad SMARTS) is 2. The van der Waals surface area contributed by atoms with Crippen molar-refractivity contribution in [3.63, 3.8) is 0 Å². The molecule has 0 saturated heterocycles. The van der Waals surface area contributed by atoms with Crippen LogP contribution in [0.1, 0.15) is 45.1 Å². The van der Waals surface area contributed by atoms with Crippen molar-refractivity contribution in [2.75, 3.05) is 0 Å². The lowest BCUT2D eigenvalue weighted by molar-refractivity contribution is -0.143. The molecule has 29 heavy (non-hydrogen) atoms. The van der Waals surface area contributed by atoms with Crippen LogP contribution < -0.4 is 10.6 Å². The molecule has 1 fully saturated rings. The largest absolute Gasteiger partial charge is 0.481 e. The van der Waals surface area contributed by atoms with Crippen LogP contribution in [-0.2, 0) is 24.6 Å². The van der Waals surface area contributed by atoms with E-state index in [4.69, 9.17) is 18.1 Å². The molecule has 0 radical (unpaired) electrons. The normalized spacial score (nSPS) is 17.0. The average molecular weight is 426 g/mol. The van der Waals surface area contributed by atoms with Crippen molar-refractivity contribution in [1.29, 1.82) is 0 Å². The molecule has 1 aliphatic carbocycles. The van der Waals surface area contributed by atoms with E-state index in [0.29, 0.717) is 28.7 Å². The first-order valence-electron chi connectivity index (χ1n) is 9.78. The van der Waals surface area contributed by atoms with Crippen LogP contribution in [-0.4, -0.2) is 46.0 Å². The van der Waals surface area contributed by atoms with Gasteiger partial charge < -0.3 is 20.8 Å². The molecule has 1 saturated carbocycles. The highest BCUT2D eigenvalue weighted by atomic mass is 35.5. The Morgan fingerprint density at radius 2 is 1.76 bits per heavy atom. The quantitative estimate of drug-likeness (QED) is 0.452. The van der Waals surface area contributed by atoms with E-state index in [1.54, 1.807) is 38.1 Å². The molecule has 2 amide bonds. The molecule has 0 bridgehead atoms. The summed E-state index contributed by atoms with van der Waals surface area (Å²) < 4.78 is 8.36. The van der Waals surface area contributed by atoms with E-state index in [0.717, 1.165) is 0 Å². The zero-order valence-corrected chi connectivity index (χ0v) is 17.0. The summed E-state index contributed by atoms with van der Waals surface area (Å²) in [7, 11) is 0. The molecule has 0 aromatic heterocycles. The van der Waals surface area contributed by atoms with Gasteiger partial charge in [-0.05, 0) is 42.9 Å². The number of carbonyl (C=O) groups excluding carboxylic acids is 2. The van der Waals surface area contributed by atoms with Crippen molar-refractivity contribution in [3.8, 4) is 0 Å². The van der Waals surface area contributed by atoms with Crippen molar-refractivity contribution < 1.29 is 30.8 Å². The fourth-order valence-electron chi connectivity index (χ4n) is 3.06. The van der Waals surface area contributed by atoms with Crippen molar-refractivity contribution in [2.24, 2.45) is 5.92 Å². The summed E-state index contributed by atoms with van der Waals surface area (Å²) in [4.78, 5) is 48.0. The SMILES string of the molecule is [2H]N(C(=O)C1(c2ccc(Cl)cc2)CC1)[C@H](C(=O)N[C@@H](CCC(=O)O)C(=O)O)C(C)C. The van der Waals surface area contributed by atoms with E-state index in [9.17, 15) is 24.3 Å². The van der Waals surface area contributed by atoms with Gasteiger partial charge >= 0.3 is 11.9 Å². The van der Waals surface area contributed by atoms with E-state index < -0.39 is 53.6 Å². The number of benzene rings is 1. The zero-order valence-electron chi connectivity index (χ0n) is 17.2. The van der Waals surface area contributed by atoms with E-state index in [2.05, 4.69) is 5.32 Å². The Bertz CT molecular complexity index is 825. The summed E-state index contributed by atoms with van der Waals surface area (Å²) >= 11 is 5.91. The molecule has 4 N–H and O–H groups in total. The Hall–Kier alpha value is -2.61. The van der Waals surface area contributed by atoms with Gasteiger partial charge in [0.15, 0.2) is 1.41 Å². The van der Waals surface area contributed by atoms with Crippen molar-refractivity contribution in [2.45, 2.75) is 57.0 Å². The number of nitrogens with one attached hydrogen (secondary N) is 2. The predicted octanol–water partition coefficient (Wildman–Crippen LogP) is 1.95. The highest BCUT2D eigenvalue weighted by Gasteiger charge is 2.52. The Kier molecular flexibility index (Phi) is 6.74. The van der Waals surface area contributed by atoms with Crippen LogP contribution in [0.5, 0.6) is 0 Å². The van der Waals surface area contributed by atoms with Gasteiger partial charge in [-0.25, -0.2) is 4.79 Å². The van der Waals surface area contributed by atoms with Gasteiger partial charge in [0.2, 0.25) is 11.8 Å². The second-order valence-electron chi connectivity index (χ2n) is 7.54. The minimum Gasteiger partial charge on any atom is -0.481 e. The van der Waals surface area contributed by atoms with Gasteiger partial charge in [0.05, 0.1) is 5.41 Å². The Labute approximate surface area is 175 Å². The third-order valence-electron chi connectivity index (χ3n) is 4.97. The summed E-state index contributed by atoms with van der Waals surface area (Å²) in [6.07, 6.45) is 0.325. The number of carboxylic acids is 2. The van der Waals surface area contributed by atoms with Gasteiger partial charge in [-0.3, -0.25) is 14.4 Å². The number of hydrogen-bond donors (Lipinski definition) is 4. The van der Waals surface area contributed by atoms with Crippen molar-refractivity contribution in [3.05, 3.63) is 34.9 Å². The molecule has 1 aromatic rings. The number of rotatable bonds is 10. The number of halogens is 1. The summed E-state index contributed by atoms with van der Waals surface area (Å²) in [5.74, 6) is -4.39. The maximum absolute atomic E-state index is 13.1. The van der Waals surface area contributed by atoms with Crippen LogP contribution in [0.25, 0.3) is 0 Å². The molecule has 1 aliphatic rings. The first kappa shape index (κ1) is 21.1. The fraction of sp³-hybridized carbons (Fsp3) is 0.500. The molecular weight excluding hydrogens is 400 g/mol. The van der Waals surface area contributed by atoms with E-state index in [1.165, 1.54) is 0 Å².